The zero-order valence-corrected chi connectivity index (χ0v) is 12.8. The van der Waals surface area contributed by atoms with Crippen LogP contribution in [0.3, 0.4) is 0 Å². The summed E-state index contributed by atoms with van der Waals surface area (Å²) < 4.78 is 40.1. The summed E-state index contributed by atoms with van der Waals surface area (Å²) >= 11 is 5.69. The van der Waals surface area contributed by atoms with Crippen molar-refractivity contribution < 1.29 is 12.8 Å². The normalized spacial score (nSPS) is 18.9. The summed E-state index contributed by atoms with van der Waals surface area (Å²) in [6.45, 7) is 4.15. The number of benzene rings is 1. The van der Waals surface area contributed by atoms with Gasteiger partial charge >= 0.3 is 0 Å². The van der Waals surface area contributed by atoms with Gasteiger partial charge in [-0.05, 0) is 49.5 Å². The van der Waals surface area contributed by atoms with Crippen molar-refractivity contribution in [2.24, 2.45) is 5.41 Å². The first-order chi connectivity index (χ1) is 9.31. The van der Waals surface area contributed by atoms with E-state index in [2.05, 4.69) is 17.0 Å². The van der Waals surface area contributed by atoms with Gasteiger partial charge < -0.3 is 5.32 Å². The Kier molecular flexibility index (Phi) is 4.69. The van der Waals surface area contributed by atoms with Crippen LogP contribution in [0.15, 0.2) is 23.1 Å². The van der Waals surface area contributed by atoms with E-state index in [0.717, 1.165) is 38.1 Å². The smallest absolute Gasteiger partial charge is 0.240 e. The lowest BCUT2D eigenvalue weighted by molar-refractivity contribution is 0.232. The number of nitrogens with one attached hydrogen (secondary N) is 2. The Morgan fingerprint density at radius 3 is 2.60 bits per heavy atom. The molecule has 1 aliphatic heterocycles. The van der Waals surface area contributed by atoms with Gasteiger partial charge in [-0.2, -0.15) is 0 Å². The molecule has 0 saturated carbocycles. The maximum Gasteiger partial charge on any atom is 0.240 e. The van der Waals surface area contributed by atoms with Crippen LogP contribution in [-0.4, -0.2) is 28.1 Å². The third-order valence-corrected chi connectivity index (χ3v) is 5.24. The number of hydrogen-bond donors (Lipinski definition) is 2. The summed E-state index contributed by atoms with van der Waals surface area (Å²) in [5.41, 5.74) is -0.0740. The number of piperidine rings is 1. The van der Waals surface area contributed by atoms with Crippen LogP contribution in [0.25, 0.3) is 0 Å². The van der Waals surface area contributed by atoms with Crippen LogP contribution >= 0.6 is 11.6 Å². The van der Waals surface area contributed by atoms with Crippen molar-refractivity contribution in [3.63, 3.8) is 0 Å². The number of rotatable bonds is 4. The summed E-state index contributed by atoms with van der Waals surface area (Å²) in [5.74, 6) is -0.661. The molecule has 7 heteroatoms. The molecular formula is C13H18ClFN2O2S. The van der Waals surface area contributed by atoms with E-state index in [1.807, 2.05) is 0 Å². The predicted molar refractivity (Wildman–Crippen MR) is 76.8 cm³/mol. The molecule has 1 aromatic carbocycles. The molecule has 1 fully saturated rings. The van der Waals surface area contributed by atoms with E-state index in [-0.39, 0.29) is 15.3 Å². The molecule has 1 heterocycles. The fourth-order valence-corrected chi connectivity index (χ4v) is 3.78. The van der Waals surface area contributed by atoms with E-state index in [9.17, 15) is 12.8 Å². The number of hydrogen-bond acceptors (Lipinski definition) is 3. The Bertz CT molecular complexity index is 566. The van der Waals surface area contributed by atoms with Gasteiger partial charge in [-0.3, -0.25) is 0 Å². The van der Waals surface area contributed by atoms with Crippen molar-refractivity contribution in [2.45, 2.75) is 24.7 Å². The van der Waals surface area contributed by atoms with E-state index in [1.54, 1.807) is 0 Å². The molecule has 0 unspecified atom stereocenters. The van der Waals surface area contributed by atoms with Gasteiger partial charge in [-0.25, -0.2) is 17.5 Å². The molecule has 0 spiro atoms. The summed E-state index contributed by atoms with van der Waals surface area (Å²) in [7, 11) is -3.74. The molecule has 0 aromatic heterocycles. The molecule has 2 N–H and O–H groups in total. The van der Waals surface area contributed by atoms with Gasteiger partial charge in [-0.1, -0.05) is 18.5 Å². The molecule has 0 bridgehead atoms. The van der Waals surface area contributed by atoms with Crippen molar-refractivity contribution in [1.82, 2.24) is 10.0 Å². The lowest BCUT2D eigenvalue weighted by Crippen LogP contribution is -2.42. The van der Waals surface area contributed by atoms with E-state index in [0.29, 0.717) is 6.54 Å². The van der Waals surface area contributed by atoms with Crippen LogP contribution in [0.2, 0.25) is 5.02 Å². The van der Waals surface area contributed by atoms with Crippen molar-refractivity contribution in [3.8, 4) is 0 Å². The Balaban J connectivity index is 2.11. The minimum Gasteiger partial charge on any atom is -0.317 e. The minimum absolute atomic E-state index is 0.0680. The van der Waals surface area contributed by atoms with E-state index in [4.69, 9.17) is 11.6 Å². The van der Waals surface area contributed by atoms with Crippen LogP contribution in [-0.2, 0) is 10.0 Å². The average molecular weight is 321 g/mol. The lowest BCUT2D eigenvalue weighted by Gasteiger charge is -2.34. The quantitative estimate of drug-likeness (QED) is 0.893. The zero-order valence-electron chi connectivity index (χ0n) is 11.2. The molecule has 2 rings (SSSR count). The monoisotopic (exact) mass is 320 g/mol. The molecule has 0 atom stereocenters. The standard InChI is InChI=1S/C13H18ClFN2O2S/c1-13(2-4-16-5-3-13)9-17-20(18,19)12-7-10(14)6-11(15)8-12/h6-8,16-17H,2-5,9H2,1H3. The summed E-state index contributed by atoms with van der Waals surface area (Å²) in [5, 5.41) is 3.31. The Morgan fingerprint density at radius 1 is 1.35 bits per heavy atom. The summed E-state index contributed by atoms with van der Waals surface area (Å²) in [4.78, 5) is -0.139. The molecule has 0 aliphatic carbocycles. The van der Waals surface area contributed by atoms with E-state index >= 15 is 0 Å². The number of halogens is 2. The second-order valence-electron chi connectivity index (χ2n) is 5.49. The third kappa shape index (κ3) is 3.91. The van der Waals surface area contributed by atoms with Gasteiger partial charge in [0.2, 0.25) is 10.0 Å². The molecular weight excluding hydrogens is 303 g/mol. The van der Waals surface area contributed by atoms with Gasteiger partial charge in [0.15, 0.2) is 0 Å². The maximum atomic E-state index is 13.2. The molecule has 0 amide bonds. The third-order valence-electron chi connectivity index (χ3n) is 3.65. The van der Waals surface area contributed by atoms with Crippen LogP contribution in [0.1, 0.15) is 19.8 Å². The van der Waals surface area contributed by atoms with E-state index in [1.165, 1.54) is 6.07 Å². The van der Waals surface area contributed by atoms with Gasteiger partial charge in [-0.15, -0.1) is 0 Å². The first-order valence-corrected chi connectivity index (χ1v) is 8.33. The highest BCUT2D eigenvalue weighted by atomic mass is 35.5. The molecule has 112 valence electrons. The largest absolute Gasteiger partial charge is 0.317 e. The van der Waals surface area contributed by atoms with E-state index < -0.39 is 15.8 Å². The second-order valence-corrected chi connectivity index (χ2v) is 7.69. The van der Waals surface area contributed by atoms with Gasteiger partial charge in [0.1, 0.15) is 5.82 Å². The minimum atomic E-state index is -3.74. The maximum absolute atomic E-state index is 13.2. The van der Waals surface area contributed by atoms with Crippen molar-refractivity contribution >= 4 is 21.6 Å². The zero-order chi connectivity index (χ0) is 14.8. The molecule has 4 nitrogen and oxygen atoms in total. The fraction of sp³-hybridized carbons (Fsp3) is 0.538. The highest BCUT2D eigenvalue weighted by Crippen LogP contribution is 2.27. The van der Waals surface area contributed by atoms with Crippen LogP contribution in [0.4, 0.5) is 4.39 Å². The Hall–Kier alpha value is -0.690. The molecule has 1 aromatic rings. The number of sulfonamides is 1. The van der Waals surface area contributed by atoms with Crippen LogP contribution in [0.5, 0.6) is 0 Å². The molecule has 20 heavy (non-hydrogen) atoms. The first-order valence-electron chi connectivity index (χ1n) is 6.47. The predicted octanol–water partition coefficient (Wildman–Crippen LogP) is 2.15. The average Bonchev–Trinajstić information content (AvgIpc) is 2.37. The second kappa shape index (κ2) is 5.97. The van der Waals surface area contributed by atoms with Crippen molar-refractivity contribution in [3.05, 3.63) is 29.0 Å². The fourth-order valence-electron chi connectivity index (χ4n) is 2.24. The SMILES string of the molecule is CC1(CNS(=O)(=O)c2cc(F)cc(Cl)c2)CCNCC1. The highest BCUT2D eigenvalue weighted by molar-refractivity contribution is 7.89. The Morgan fingerprint density at radius 2 is 2.00 bits per heavy atom. The topological polar surface area (TPSA) is 58.2 Å². The van der Waals surface area contributed by atoms with Crippen LogP contribution in [0, 0.1) is 11.2 Å². The molecule has 1 saturated heterocycles. The van der Waals surface area contributed by atoms with Gasteiger partial charge in [0, 0.05) is 11.6 Å². The lowest BCUT2D eigenvalue weighted by atomic mass is 9.81. The summed E-state index contributed by atoms with van der Waals surface area (Å²) in [6.07, 6.45) is 1.80. The Labute approximate surface area is 123 Å². The van der Waals surface area contributed by atoms with Gasteiger partial charge in [0.25, 0.3) is 0 Å². The molecule has 1 aliphatic rings. The molecule has 0 radical (unpaired) electrons. The summed E-state index contributed by atoms with van der Waals surface area (Å²) in [6, 6.07) is 3.30. The van der Waals surface area contributed by atoms with Crippen LogP contribution < -0.4 is 10.0 Å². The van der Waals surface area contributed by atoms with Crippen molar-refractivity contribution in [2.75, 3.05) is 19.6 Å². The van der Waals surface area contributed by atoms with Crippen molar-refractivity contribution in [1.29, 1.82) is 0 Å². The highest BCUT2D eigenvalue weighted by Gasteiger charge is 2.28. The van der Waals surface area contributed by atoms with Gasteiger partial charge in [0.05, 0.1) is 4.90 Å². The first kappa shape index (κ1) is 15.7.